The van der Waals surface area contributed by atoms with Crippen molar-refractivity contribution >= 4 is 10.1 Å². The number of halogens is 1. The molecule has 7 heteroatoms. The number of ether oxygens (including phenoxy) is 1. The van der Waals surface area contributed by atoms with Crippen molar-refractivity contribution in [3.63, 3.8) is 0 Å². The highest BCUT2D eigenvalue weighted by molar-refractivity contribution is 7.86. The summed E-state index contributed by atoms with van der Waals surface area (Å²) in [4.78, 5) is 0. The topological polar surface area (TPSA) is 76.4 Å². The zero-order chi connectivity index (χ0) is 18.9. The Balaban J connectivity index is 2.23. The van der Waals surface area contributed by atoms with Gasteiger partial charge in [0.2, 0.25) is 0 Å². The van der Waals surface area contributed by atoms with Crippen molar-refractivity contribution in [3.05, 3.63) is 70.5 Å². The smallest absolute Gasteiger partial charge is 0.264 e. The monoisotopic (exact) mass is 375 g/mol. The number of nitrogens with zero attached hydrogens (tertiary/aromatic N) is 1. The van der Waals surface area contributed by atoms with Gasteiger partial charge in [0.1, 0.15) is 17.5 Å². The van der Waals surface area contributed by atoms with Gasteiger partial charge in [0.15, 0.2) is 0 Å². The molecule has 136 valence electrons. The molecule has 2 unspecified atom stereocenters. The van der Waals surface area contributed by atoms with E-state index >= 15 is 0 Å². The standard InChI is InChI=1S/C19H18FNO4S/c1-3-18(25-26(2,22)23)19(15-5-7-16(20)8-6-15)17-9-4-13(11-21)10-14(17)12-24-19/h4-10,18H,3,12H2,1-2H3. The molecule has 0 spiro atoms. The second-order valence-electron chi connectivity index (χ2n) is 6.21. The molecule has 5 nitrogen and oxygen atoms in total. The van der Waals surface area contributed by atoms with Crippen LogP contribution in [0.5, 0.6) is 0 Å². The van der Waals surface area contributed by atoms with Gasteiger partial charge in [0.05, 0.1) is 24.5 Å². The lowest BCUT2D eigenvalue weighted by molar-refractivity contribution is -0.0812. The molecule has 1 heterocycles. The summed E-state index contributed by atoms with van der Waals surface area (Å²) in [6.45, 7) is 2.00. The van der Waals surface area contributed by atoms with Crippen molar-refractivity contribution in [1.29, 1.82) is 5.26 Å². The van der Waals surface area contributed by atoms with Gasteiger partial charge in [0.25, 0.3) is 10.1 Å². The lowest BCUT2D eigenvalue weighted by Crippen LogP contribution is -2.43. The Hall–Kier alpha value is -2.27. The summed E-state index contributed by atoms with van der Waals surface area (Å²) in [5, 5.41) is 9.12. The molecule has 0 saturated heterocycles. The first-order chi connectivity index (χ1) is 12.3. The van der Waals surface area contributed by atoms with Crippen LogP contribution >= 0.6 is 0 Å². The fourth-order valence-corrected chi connectivity index (χ4v) is 4.13. The minimum absolute atomic E-state index is 0.200. The largest absolute Gasteiger partial charge is 0.358 e. The quantitative estimate of drug-likeness (QED) is 0.750. The number of benzene rings is 2. The van der Waals surface area contributed by atoms with Crippen LogP contribution in [0.25, 0.3) is 0 Å². The molecule has 0 N–H and O–H groups in total. The minimum atomic E-state index is -3.75. The molecule has 0 amide bonds. The van der Waals surface area contributed by atoms with Gasteiger partial charge in [-0.1, -0.05) is 25.1 Å². The van der Waals surface area contributed by atoms with Gasteiger partial charge in [-0.15, -0.1) is 0 Å². The van der Waals surface area contributed by atoms with Crippen LogP contribution in [0.15, 0.2) is 42.5 Å². The molecule has 1 aliphatic rings. The van der Waals surface area contributed by atoms with Gasteiger partial charge in [-0.2, -0.15) is 13.7 Å². The first kappa shape index (κ1) is 18.5. The Morgan fingerprint density at radius 1 is 1.31 bits per heavy atom. The Bertz CT molecular complexity index is 966. The number of hydrogen-bond donors (Lipinski definition) is 0. The molecule has 0 aliphatic carbocycles. The first-order valence-electron chi connectivity index (χ1n) is 8.12. The lowest BCUT2D eigenvalue weighted by Gasteiger charge is -2.36. The zero-order valence-electron chi connectivity index (χ0n) is 14.4. The molecule has 2 aromatic carbocycles. The normalized spacial score (nSPS) is 20.4. The molecule has 3 rings (SSSR count). The van der Waals surface area contributed by atoms with Gasteiger partial charge < -0.3 is 4.74 Å². The number of fused-ring (bicyclic) bond motifs is 1. The molecule has 0 radical (unpaired) electrons. The van der Waals surface area contributed by atoms with E-state index in [4.69, 9.17) is 14.2 Å². The van der Waals surface area contributed by atoms with Crippen molar-refractivity contribution in [1.82, 2.24) is 0 Å². The van der Waals surface area contributed by atoms with Gasteiger partial charge in [-0.25, -0.2) is 4.39 Å². The van der Waals surface area contributed by atoms with Crippen molar-refractivity contribution in [3.8, 4) is 6.07 Å². The van der Waals surface area contributed by atoms with Crippen LogP contribution in [0, 0.1) is 17.1 Å². The minimum Gasteiger partial charge on any atom is -0.358 e. The summed E-state index contributed by atoms with van der Waals surface area (Å²) in [7, 11) is -3.75. The number of rotatable bonds is 5. The SMILES string of the molecule is CCC(OS(C)(=O)=O)C1(c2ccc(F)cc2)OCc2cc(C#N)ccc21. The molecule has 1 aliphatic heterocycles. The highest BCUT2D eigenvalue weighted by Gasteiger charge is 2.49. The van der Waals surface area contributed by atoms with E-state index in [1.165, 1.54) is 12.1 Å². The molecular weight excluding hydrogens is 357 g/mol. The van der Waals surface area contributed by atoms with E-state index in [2.05, 4.69) is 6.07 Å². The van der Waals surface area contributed by atoms with Crippen molar-refractivity contribution in [2.24, 2.45) is 0 Å². The van der Waals surface area contributed by atoms with Crippen LogP contribution in [-0.4, -0.2) is 20.8 Å². The Kier molecular flexibility index (Phi) is 4.84. The van der Waals surface area contributed by atoms with Crippen LogP contribution in [0.3, 0.4) is 0 Å². The van der Waals surface area contributed by atoms with Gasteiger partial charge >= 0.3 is 0 Å². The molecule has 0 bridgehead atoms. The summed E-state index contributed by atoms with van der Waals surface area (Å²) in [5.41, 5.74) is 1.38. The van der Waals surface area contributed by atoms with Gasteiger partial charge in [0, 0.05) is 0 Å². The molecule has 2 aromatic rings. The van der Waals surface area contributed by atoms with Gasteiger partial charge in [-0.3, -0.25) is 4.18 Å². The second kappa shape index (κ2) is 6.80. The molecule has 0 aromatic heterocycles. The van der Waals surface area contributed by atoms with E-state index in [0.29, 0.717) is 17.5 Å². The van der Waals surface area contributed by atoms with Crippen LogP contribution in [-0.2, 0) is 31.2 Å². The zero-order valence-corrected chi connectivity index (χ0v) is 15.2. The maximum atomic E-state index is 13.4. The van der Waals surface area contributed by atoms with Crippen LogP contribution in [0.4, 0.5) is 4.39 Å². The van der Waals surface area contributed by atoms with Gasteiger partial charge in [-0.05, 0) is 47.4 Å². The molecule has 2 atom stereocenters. The van der Waals surface area contributed by atoms with E-state index in [0.717, 1.165) is 17.4 Å². The molecule has 0 fully saturated rings. The predicted octanol–water partition coefficient (Wildman–Crippen LogP) is 3.23. The predicted molar refractivity (Wildman–Crippen MR) is 93.1 cm³/mol. The highest BCUT2D eigenvalue weighted by Crippen LogP contribution is 2.47. The summed E-state index contributed by atoms with van der Waals surface area (Å²) in [6, 6.07) is 12.9. The van der Waals surface area contributed by atoms with Crippen LogP contribution in [0.1, 0.15) is 35.6 Å². The third-order valence-corrected chi connectivity index (χ3v) is 5.06. The highest BCUT2D eigenvalue weighted by atomic mass is 32.2. The van der Waals surface area contributed by atoms with E-state index in [9.17, 15) is 12.8 Å². The third kappa shape index (κ3) is 3.23. The van der Waals surface area contributed by atoms with E-state index in [1.807, 2.05) is 0 Å². The average molecular weight is 375 g/mol. The Morgan fingerprint density at radius 2 is 2.00 bits per heavy atom. The van der Waals surface area contributed by atoms with Crippen molar-refractivity contribution in [2.45, 2.75) is 31.7 Å². The molecule has 0 saturated carbocycles. The molecule has 26 heavy (non-hydrogen) atoms. The fraction of sp³-hybridized carbons (Fsp3) is 0.316. The van der Waals surface area contributed by atoms with E-state index < -0.39 is 27.6 Å². The summed E-state index contributed by atoms with van der Waals surface area (Å²) in [5.74, 6) is -0.404. The number of hydrogen-bond acceptors (Lipinski definition) is 5. The maximum absolute atomic E-state index is 13.4. The summed E-state index contributed by atoms with van der Waals surface area (Å²) < 4.78 is 48.6. The third-order valence-electron chi connectivity index (χ3n) is 4.48. The average Bonchev–Trinajstić information content (AvgIpc) is 2.99. The van der Waals surface area contributed by atoms with E-state index in [-0.39, 0.29) is 6.61 Å². The van der Waals surface area contributed by atoms with Crippen LogP contribution in [0.2, 0.25) is 0 Å². The fourth-order valence-electron chi connectivity index (χ4n) is 3.44. The summed E-state index contributed by atoms with van der Waals surface area (Å²) in [6.07, 6.45) is 0.504. The number of nitriles is 1. The van der Waals surface area contributed by atoms with Crippen molar-refractivity contribution < 1.29 is 21.7 Å². The van der Waals surface area contributed by atoms with Crippen molar-refractivity contribution in [2.75, 3.05) is 6.26 Å². The summed E-state index contributed by atoms with van der Waals surface area (Å²) >= 11 is 0. The molecular formula is C19H18FNO4S. The maximum Gasteiger partial charge on any atom is 0.264 e. The first-order valence-corrected chi connectivity index (χ1v) is 9.93. The Morgan fingerprint density at radius 3 is 2.58 bits per heavy atom. The Labute approximate surface area is 152 Å². The van der Waals surface area contributed by atoms with E-state index in [1.54, 1.807) is 37.3 Å². The second-order valence-corrected chi connectivity index (χ2v) is 7.81. The van der Waals surface area contributed by atoms with Crippen LogP contribution < -0.4 is 0 Å². The lowest BCUT2D eigenvalue weighted by atomic mass is 9.80.